The molecule has 7 nitrogen and oxygen atoms in total. The lowest BCUT2D eigenvalue weighted by Gasteiger charge is -2.21. The molecule has 0 fully saturated rings. The van der Waals surface area contributed by atoms with Crippen molar-refractivity contribution < 1.29 is 14.3 Å². The Hall–Kier alpha value is -3.06. The number of hydrogen-bond acceptors (Lipinski definition) is 5. The van der Waals surface area contributed by atoms with Crippen LogP contribution in [0.1, 0.15) is 5.56 Å². The Morgan fingerprint density at radius 3 is 2.79 bits per heavy atom. The van der Waals surface area contributed by atoms with E-state index in [-0.39, 0.29) is 18.0 Å². The van der Waals surface area contributed by atoms with E-state index in [9.17, 15) is 9.59 Å². The molecule has 144 valence electrons. The van der Waals surface area contributed by atoms with Crippen LogP contribution in [-0.2, 0) is 17.9 Å². The molecule has 0 unspecified atom stereocenters. The lowest BCUT2D eigenvalue weighted by atomic mass is 10.2. The number of nitrogens with zero attached hydrogens (tertiary/aromatic N) is 3. The van der Waals surface area contributed by atoms with Gasteiger partial charge in [0, 0.05) is 18.6 Å². The maximum atomic E-state index is 12.6. The van der Waals surface area contributed by atoms with E-state index in [4.69, 9.17) is 21.1 Å². The van der Waals surface area contributed by atoms with Crippen LogP contribution in [0.4, 0.5) is 0 Å². The first-order valence-electron chi connectivity index (χ1n) is 8.78. The van der Waals surface area contributed by atoms with Crippen molar-refractivity contribution in [3.05, 3.63) is 63.7 Å². The predicted octanol–water partition coefficient (Wildman–Crippen LogP) is 2.48. The van der Waals surface area contributed by atoms with Crippen molar-refractivity contribution in [3.8, 4) is 11.5 Å². The van der Waals surface area contributed by atoms with Crippen LogP contribution in [-0.4, -0.2) is 40.6 Å². The van der Waals surface area contributed by atoms with Crippen LogP contribution in [0.2, 0.25) is 5.02 Å². The number of benzene rings is 2. The molecular formula is C20H18ClN3O4. The molecule has 0 saturated carbocycles. The number of ether oxygens (including phenoxy) is 2. The molecule has 2 aromatic carbocycles. The molecule has 0 atom stereocenters. The number of halogens is 1. The van der Waals surface area contributed by atoms with Crippen molar-refractivity contribution in [3.63, 3.8) is 0 Å². The Morgan fingerprint density at radius 2 is 1.96 bits per heavy atom. The minimum atomic E-state index is -0.298. The Bertz CT molecular complexity index is 1110. The zero-order chi connectivity index (χ0) is 19.7. The van der Waals surface area contributed by atoms with E-state index in [2.05, 4.69) is 4.98 Å². The van der Waals surface area contributed by atoms with Gasteiger partial charge < -0.3 is 14.4 Å². The van der Waals surface area contributed by atoms with Crippen molar-refractivity contribution >= 4 is 28.4 Å². The smallest absolute Gasteiger partial charge is 0.261 e. The summed E-state index contributed by atoms with van der Waals surface area (Å²) in [6, 6.07) is 10.5. The summed E-state index contributed by atoms with van der Waals surface area (Å²) in [7, 11) is 1.69. The van der Waals surface area contributed by atoms with Gasteiger partial charge in [-0.05, 0) is 35.9 Å². The number of rotatable bonds is 4. The lowest BCUT2D eigenvalue weighted by Crippen LogP contribution is -2.33. The molecular weight excluding hydrogens is 382 g/mol. The molecule has 0 N–H and O–H groups in total. The van der Waals surface area contributed by atoms with E-state index in [1.54, 1.807) is 30.1 Å². The summed E-state index contributed by atoms with van der Waals surface area (Å²) in [5, 5.41) is 0.837. The second-order valence-electron chi connectivity index (χ2n) is 6.57. The van der Waals surface area contributed by atoms with Gasteiger partial charge in [-0.25, -0.2) is 4.98 Å². The topological polar surface area (TPSA) is 73.7 Å². The summed E-state index contributed by atoms with van der Waals surface area (Å²) in [4.78, 5) is 31.0. The zero-order valence-corrected chi connectivity index (χ0v) is 16.0. The van der Waals surface area contributed by atoms with E-state index < -0.39 is 0 Å². The van der Waals surface area contributed by atoms with Crippen LogP contribution in [0.5, 0.6) is 11.5 Å². The van der Waals surface area contributed by atoms with Crippen LogP contribution in [0.25, 0.3) is 10.9 Å². The maximum absolute atomic E-state index is 12.6. The number of hydrogen-bond donors (Lipinski definition) is 0. The second-order valence-corrected chi connectivity index (χ2v) is 7.00. The molecule has 1 aromatic heterocycles. The number of aromatic nitrogens is 2. The molecule has 0 spiro atoms. The Kier molecular flexibility index (Phi) is 4.92. The van der Waals surface area contributed by atoms with Crippen LogP contribution < -0.4 is 15.0 Å². The first kappa shape index (κ1) is 18.3. The largest absolute Gasteiger partial charge is 0.486 e. The molecule has 0 radical (unpaired) electrons. The molecule has 1 aliphatic rings. The minimum Gasteiger partial charge on any atom is -0.486 e. The van der Waals surface area contributed by atoms with Crippen LogP contribution in [0, 0.1) is 0 Å². The molecule has 0 bridgehead atoms. The molecule has 1 aliphatic heterocycles. The first-order valence-corrected chi connectivity index (χ1v) is 9.16. The van der Waals surface area contributed by atoms with E-state index in [0.29, 0.717) is 47.2 Å². The average Bonchev–Trinajstić information content (AvgIpc) is 2.70. The Morgan fingerprint density at radius 1 is 1.18 bits per heavy atom. The predicted molar refractivity (Wildman–Crippen MR) is 105 cm³/mol. The highest BCUT2D eigenvalue weighted by Gasteiger charge is 2.16. The van der Waals surface area contributed by atoms with Crippen LogP contribution in [0.15, 0.2) is 47.5 Å². The molecule has 4 rings (SSSR count). The lowest BCUT2D eigenvalue weighted by molar-refractivity contribution is -0.131. The summed E-state index contributed by atoms with van der Waals surface area (Å²) in [5.74, 6) is 1.17. The van der Waals surface area contributed by atoms with Gasteiger partial charge in [0.05, 0.1) is 17.2 Å². The van der Waals surface area contributed by atoms with Crippen LogP contribution in [0.3, 0.4) is 0 Å². The molecule has 0 saturated heterocycles. The fraction of sp³-hybridized carbons (Fsp3) is 0.250. The van der Waals surface area contributed by atoms with Gasteiger partial charge in [-0.2, -0.15) is 0 Å². The van der Waals surface area contributed by atoms with Crippen molar-refractivity contribution in [2.24, 2.45) is 0 Å². The van der Waals surface area contributed by atoms with Gasteiger partial charge in [0.1, 0.15) is 19.8 Å². The van der Waals surface area contributed by atoms with E-state index >= 15 is 0 Å². The average molecular weight is 400 g/mol. The summed E-state index contributed by atoms with van der Waals surface area (Å²) in [6.07, 6.45) is 1.38. The van der Waals surface area contributed by atoms with Gasteiger partial charge in [0.2, 0.25) is 5.91 Å². The van der Waals surface area contributed by atoms with Gasteiger partial charge in [0.25, 0.3) is 5.56 Å². The molecule has 1 amide bonds. The third-order valence-electron chi connectivity index (χ3n) is 4.54. The normalized spacial score (nSPS) is 12.8. The number of fused-ring (bicyclic) bond motifs is 2. The third-order valence-corrected chi connectivity index (χ3v) is 4.78. The van der Waals surface area contributed by atoms with E-state index in [1.807, 2.05) is 18.2 Å². The monoisotopic (exact) mass is 399 g/mol. The van der Waals surface area contributed by atoms with Gasteiger partial charge >= 0.3 is 0 Å². The Balaban J connectivity index is 1.50. The number of likely N-dealkylation sites (N-methyl/N-ethyl adjacent to an activating group) is 1. The van der Waals surface area contributed by atoms with Gasteiger partial charge in [-0.1, -0.05) is 17.7 Å². The molecule has 8 heteroatoms. The molecule has 28 heavy (non-hydrogen) atoms. The summed E-state index contributed by atoms with van der Waals surface area (Å²) in [6.45, 7) is 1.32. The summed E-state index contributed by atoms with van der Waals surface area (Å²) in [5.41, 5.74) is 1.16. The third kappa shape index (κ3) is 3.66. The van der Waals surface area contributed by atoms with Crippen molar-refractivity contribution in [1.82, 2.24) is 14.5 Å². The van der Waals surface area contributed by atoms with E-state index in [1.165, 1.54) is 10.9 Å². The van der Waals surface area contributed by atoms with Crippen molar-refractivity contribution in [2.45, 2.75) is 13.1 Å². The van der Waals surface area contributed by atoms with Gasteiger partial charge in [-0.3, -0.25) is 14.2 Å². The maximum Gasteiger partial charge on any atom is 0.261 e. The van der Waals surface area contributed by atoms with Gasteiger partial charge in [0.15, 0.2) is 11.5 Å². The van der Waals surface area contributed by atoms with Crippen LogP contribution >= 0.6 is 11.6 Å². The molecule has 3 aromatic rings. The fourth-order valence-corrected chi connectivity index (χ4v) is 3.23. The highest BCUT2D eigenvalue weighted by molar-refractivity contribution is 6.31. The highest BCUT2D eigenvalue weighted by Crippen LogP contribution is 2.31. The SMILES string of the molecule is CN(Cc1ccc2c(c1)OCCO2)C(=O)Cn1cnc2ccc(Cl)cc2c1=O. The van der Waals surface area contributed by atoms with Gasteiger partial charge in [-0.15, -0.1) is 0 Å². The number of carbonyl (C=O) groups is 1. The molecule has 2 heterocycles. The van der Waals surface area contributed by atoms with Crippen molar-refractivity contribution in [2.75, 3.05) is 20.3 Å². The molecule has 0 aliphatic carbocycles. The summed E-state index contributed by atoms with van der Waals surface area (Å²) < 4.78 is 12.4. The number of carbonyl (C=O) groups excluding carboxylic acids is 1. The van der Waals surface area contributed by atoms with Crippen molar-refractivity contribution in [1.29, 1.82) is 0 Å². The first-order chi connectivity index (χ1) is 13.5. The Labute approximate surface area is 166 Å². The second kappa shape index (κ2) is 7.52. The minimum absolute atomic E-state index is 0.102. The standard InChI is InChI=1S/C20H18ClN3O4/c1-23(10-13-2-5-17-18(8-13)28-7-6-27-17)19(25)11-24-12-22-16-4-3-14(21)9-15(16)20(24)26/h2-5,8-9,12H,6-7,10-11H2,1H3. The number of amides is 1. The van der Waals surface area contributed by atoms with E-state index in [0.717, 1.165) is 5.56 Å². The summed E-state index contributed by atoms with van der Waals surface area (Å²) >= 11 is 5.97. The highest BCUT2D eigenvalue weighted by atomic mass is 35.5. The fourth-order valence-electron chi connectivity index (χ4n) is 3.06. The zero-order valence-electron chi connectivity index (χ0n) is 15.2. The quantitative estimate of drug-likeness (QED) is 0.673.